The highest BCUT2D eigenvalue weighted by Crippen LogP contribution is 2.21. The largest absolute Gasteiger partial charge is 0.328 e. The fraction of sp³-hybridized carbons (Fsp3) is 0.400. The Morgan fingerprint density at radius 3 is 2.74 bits per heavy atom. The Hall–Kier alpha value is -2.15. The molecule has 23 heavy (non-hydrogen) atoms. The predicted octanol–water partition coefficient (Wildman–Crippen LogP) is 3.52. The van der Waals surface area contributed by atoms with Crippen LogP contribution in [0.25, 0.3) is 0 Å². The molecule has 1 aromatic heterocycles. The number of anilines is 1. The molecule has 124 valence electrons. The highest BCUT2D eigenvalue weighted by Gasteiger charge is 2.21. The Morgan fingerprint density at radius 1 is 1.43 bits per heavy atom. The van der Waals surface area contributed by atoms with Crippen molar-refractivity contribution in [1.29, 1.82) is 0 Å². The van der Waals surface area contributed by atoms with Crippen LogP contribution in [0.1, 0.15) is 32.1 Å². The van der Waals surface area contributed by atoms with E-state index in [9.17, 15) is 9.18 Å². The lowest BCUT2D eigenvalue weighted by Gasteiger charge is -2.20. The van der Waals surface area contributed by atoms with E-state index in [0.29, 0.717) is 18.2 Å². The normalized spacial score (nSPS) is 12.3. The lowest BCUT2D eigenvalue weighted by Crippen LogP contribution is -2.35. The summed E-state index contributed by atoms with van der Waals surface area (Å²) in [6.45, 7) is 4.09. The lowest BCUT2D eigenvalue weighted by molar-refractivity contribution is 0.245. The number of nitrogens with one attached hydrogen (secondary N) is 2. The lowest BCUT2D eigenvalue weighted by atomic mass is 10.0. The average molecular weight is 340 g/mol. The van der Waals surface area contributed by atoms with Gasteiger partial charge in [0.2, 0.25) is 0 Å². The van der Waals surface area contributed by atoms with Crippen LogP contribution in [0.4, 0.5) is 14.9 Å². The quantitative estimate of drug-likeness (QED) is 0.875. The number of rotatable bonds is 5. The number of nitrogens with zero attached hydrogens (tertiary/aromatic N) is 3. The van der Waals surface area contributed by atoms with Crippen LogP contribution in [-0.2, 0) is 7.05 Å². The van der Waals surface area contributed by atoms with Crippen molar-refractivity contribution in [2.75, 3.05) is 5.32 Å². The van der Waals surface area contributed by atoms with E-state index in [4.69, 9.17) is 11.6 Å². The Bertz CT molecular complexity index is 688. The molecule has 0 aliphatic carbocycles. The van der Waals surface area contributed by atoms with E-state index in [0.717, 1.165) is 6.07 Å². The zero-order chi connectivity index (χ0) is 17.0. The van der Waals surface area contributed by atoms with E-state index in [-0.39, 0.29) is 16.8 Å². The van der Waals surface area contributed by atoms with Crippen LogP contribution in [-0.4, -0.2) is 20.8 Å². The Balaban J connectivity index is 2.10. The molecule has 0 saturated heterocycles. The van der Waals surface area contributed by atoms with E-state index in [1.807, 2.05) is 13.8 Å². The van der Waals surface area contributed by atoms with E-state index in [1.165, 1.54) is 18.5 Å². The zero-order valence-corrected chi connectivity index (χ0v) is 13.9. The molecule has 0 bridgehead atoms. The van der Waals surface area contributed by atoms with Gasteiger partial charge in [0.05, 0.1) is 11.7 Å². The number of amides is 2. The van der Waals surface area contributed by atoms with Gasteiger partial charge in [0.15, 0.2) is 0 Å². The minimum Gasteiger partial charge on any atom is -0.328 e. The second-order valence-electron chi connectivity index (χ2n) is 5.65. The summed E-state index contributed by atoms with van der Waals surface area (Å²) in [6, 6.07) is 3.23. The number of aryl methyl sites for hydroxylation is 1. The minimum absolute atomic E-state index is 0.0631. The smallest absolute Gasteiger partial charge is 0.319 e. The van der Waals surface area contributed by atoms with Gasteiger partial charge in [-0.2, -0.15) is 5.10 Å². The number of carbonyl (C=O) groups excluding carboxylic acids is 1. The van der Waals surface area contributed by atoms with Gasteiger partial charge in [-0.15, -0.1) is 0 Å². The van der Waals surface area contributed by atoms with Gasteiger partial charge in [-0.05, 0) is 30.5 Å². The molecule has 1 unspecified atom stereocenters. The minimum atomic E-state index is -0.591. The molecule has 2 amide bonds. The van der Waals surface area contributed by atoms with Gasteiger partial charge in [0.25, 0.3) is 0 Å². The highest BCUT2D eigenvalue weighted by molar-refractivity contribution is 6.30. The maximum Gasteiger partial charge on any atom is 0.319 e. The molecule has 1 aromatic carbocycles. The summed E-state index contributed by atoms with van der Waals surface area (Å²) in [6.07, 6.45) is 2.12. The molecule has 2 aromatic rings. The SMILES string of the molecule is CC(C)CC(NC(=O)Nc1ccc(Cl)cc1F)c1ncnn1C. The average Bonchev–Trinajstić information content (AvgIpc) is 2.87. The monoisotopic (exact) mass is 339 g/mol. The van der Waals surface area contributed by atoms with E-state index < -0.39 is 11.8 Å². The molecule has 0 radical (unpaired) electrons. The maximum atomic E-state index is 13.7. The first-order valence-corrected chi connectivity index (χ1v) is 7.61. The van der Waals surface area contributed by atoms with Crippen LogP contribution in [0.15, 0.2) is 24.5 Å². The number of carbonyl (C=O) groups is 1. The standard InChI is InChI=1S/C15H19ClFN5O/c1-9(2)6-13(14-18-8-19-22(14)3)21-15(23)20-12-5-4-10(16)7-11(12)17/h4-5,7-9,13H,6H2,1-3H3,(H2,20,21,23). The van der Waals surface area contributed by atoms with Crippen molar-refractivity contribution in [1.82, 2.24) is 20.1 Å². The molecule has 0 aliphatic rings. The molecular weight excluding hydrogens is 321 g/mol. The van der Waals surface area contributed by atoms with Crippen molar-refractivity contribution in [2.24, 2.45) is 13.0 Å². The van der Waals surface area contributed by atoms with Crippen molar-refractivity contribution in [3.63, 3.8) is 0 Å². The van der Waals surface area contributed by atoms with Crippen LogP contribution in [0.2, 0.25) is 5.02 Å². The van der Waals surface area contributed by atoms with Crippen LogP contribution in [0.5, 0.6) is 0 Å². The number of hydrogen-bond acceptors (Lipinski definition) is 3. The third-order valence-corrected chi connectivity index (χ3v) is 3.48. The topological polar surface area (TPSA) is 71.8 Å². The molecule has 0 spiro atoms. The molecule has 6 nitrogen and oxygen atoms in total. The van der Waals surface area contributed by atoms with Crippen LogP contribution in [0, 0.1) is 11.7 Å². The number of aromatic nitrogens is 3. The van der Waals surface area contributed by atoms with Crippen molar-refractivity contribution >= 4 is 23.3 Å². The van der Waals surface area contributed by atoms with Gasteiger partial charge in [-0.3, -0.25) is 4.68 Å². The first-order chi connectivity index (χ1) is 10.9. The van der Waals surface area contributed by atoms with Crippen molar-refractivity contribution in [3.8, 4) is 0 Å². The summed E-state index contributed by atoms with van der Waals surface area (Å²) in [4.78, 5) is 16.3. The third-order valence-electron chi connectivity index (χ3n) is 3.25. The first-order valence-electron chi connectivity index (χ1n) is 7.23. The predicted molar refractivity (Wildman–Crippen MR) is 86.8 cm³/mol. The molecular formula is C15H19ClFN5O. The van der Waals surface area contributed by atoms with Gasteiger partial charge in [0.1, 0.15) is 18.0 Å². The number of urea groups is 1. The third kappa shape index (κ3) is 4.66. The van der Waals surface area contributed by atoms with E-state index in [2.05, 4.69) is 20.7 Å². The summed E-state index contributed by atoms with van der Waals surface area (Å²) in [7, 11) is 1.76. The Kier molecular flexibility index (Phi) is 5.54. The van der Waals surface area contributed by atoms with Gasteiger partial charge >= 0.3 is 6.03 Å². The van der Waals surface area contributed by atoms with Gasteiger partial charge in [0, 0.05) is 12.1 Å². The summed E-state index contributed by atoms with van der Waals surface area (Å²) >= 11 is 5.69. The van der Waals surface area contributed by atoms with Gasteiger partial charge < -0.3 is 10.6 Å². The molecule has 1 heterocycles. The molecule has 2 rings (SSSR count). The molecule has 8 heteroatoms. The van der Waals surface area contributed by atoms with E-state index in [1.54, 1.807) is 11.7 Å². The number of hydrogen-bond donors (Lipinski definition) is 2. The summed E-state index contributed by atoms with van der Waals surface area (Å²) in [5, 5.41) is 9.58. The van der Waals surface area contributed by atoms with E-state index >= 15 is 0 Å². The second kappa shape index (κ2) is 7.41. The number of benzene rings is 1. The van der Waals surface area contributed by atoms with Crippen molar-refractivity contribution in [3.05, 3.63) is 41.2 Å². The Labute approximate surface area is 139 Å². The van der Waals surface area contributed by atoms with Crippen LogP contribution in [0.3, 0.4) is 0 Å². The number of halogens is 2. The van der Waals surface area contributed by atoms with Gasteiger partial charge in [-0.1, -0.05) is 25.4 Å². The molecule has 0 saturated carbocycles. The first kappa shape index (κ1) is 17.2. The fourth-order valence-corrected chi connectivity index (χ4v) is 2.39. The molecule has 2 N–H and O–H groups in total. The molecule has 0 aliphatic heterocycles. The summed E-state index contributed by atoms with van der Waals surface area (Å²) < 4.78 is 15.3. The summed E-state index contributed by atoms with van der Waals surface area (Å²) in [5.41, 5.74) is 0.0631. The van der Waals surface area contributed by atoms with Gasteiger partial charge in [-0.25, -0.2) is 14.2 Å². The zero-order valence-electron chi connectivity index (χ0n) is 13.2. The maximum absolute atomic E-state index is 13.7. The Morgan fingerprint density at radius 2 is 2.17 bits per heavy atom. The van der Waals surface area contributed by atoms with Crippen molar-refractivity contribution < 1.29 is 9.18 Å². The molecule has 1 atom stereocenters. The fourth-order valence-electron chi connectivity index (χ4n) is 2.23. The second-order valence-corrected chi connectivity index (χ2v) is 6.08. The molecule has 0 fully saturated rings. The van der Waals surface area contributed by atoms with Crippen LogP contribution >= 0.6 is 11.6 Å². The van der Waals surface area contributed by atoms with Crippen molar-refractivity contribution in [2.45, 2.75) is 26.3 Å². The highest BCUT2D eigenvalue weighted by atomic mass is 35.5. The summed E-state index contributed by atoms with van der Waals surface area (Å²) in [5.74, 6) is 0.390. The van der Waals surface area contributed by atoms with Crippen LogP contribution < -0.4 is 10.6 Å².